The lowest BCUT2D eigenvalue weighted by Crippen LogP contribution is -2.46. The fourth-order valence-corrected chi connectivity index (χ4v) is 1.77. The maximum atomic E-state index is 11.4. The van der Waals surface area contributed by atoms with E-state index in [-0.39, 0.29) is 5.97 Å². The van der Waals surface area contributed by atoms with Gasteiger partial charge in [0, 0.05) is 12.6 Å². The predicted molar refractivity (Wildman–Crippen MR) is 61.0 cm³/mol. The van der Waals surface area contributed by atoms with Gasteiger partial charge in [0.1, 0.15) is 17.3 Å². The molecule has 1 aromatic heterocycles. The van der Waals surface area contributed by atoms with Crippen LogP contribution in [0.15, 0.2) is 12.4 Å². The largest absolute Gasteiger partial charge is 0.467 e. The normalized spacial score (nSPS) is 20.1. The van der Waals surface area contributed by atoms with E-state index in [9.17, 15) is 4.79 Å². The van der Waals surface area contributed by atoms with Crippen molar-refractivity contribution < 1.29 is 14.3 Å². The Balaban J connectivity index is 2.09. The van der Waals surface area contributed by atoms with Crippen LogP contribution in [-0.2, 0) is 14.3 Å². The second kappa shape index (κ2) is 5.29. The molecule has 1 atom stereocenters. The number of aromatic nitrogens is 2. The van der Waals surface area contributed by atoms with Crippen molar-refractivity contribution in [3.63, 3.8) is 0 Å². The Hall–Kier alpha value is -1.40. The van der Waals surface area contributed by atoms with Crippen molar-refractivity contribution >= 4 is 23.4 Å². The first kappa shape index (κ1) is 12.1. The first-order valence-corrected chi connectivity index (χ1v) is 5.50. The molecule has 0 saturated carbocycles. The molecule has 0 spiro atoms. The lowest BCUT2D eigenvalue weighted by atomic mass is 10.2. The van der Waals surface area contributed by atoms with Gasteiger partial charge < -0.3 is 14.4 Å². The third-order valence-corrected chi connectivity index (χ3v) is 2.68. The number of carbonyl (C=O) groups is 1. The Morgan fingerprint density at radius 2 is 2.47 bits per heavy atom. The van der Waals surface area contributed by atoms with Gasteiger partial charge >= 0.3 is 5.97 Å². The van der Waals surface area contributed by atoms with Crippen molar-refractivity contribution in [3.8, 4) is 0 Å². The molecule has 92 valence electrons. The molecule has 17 heavy (non-hydrogen) atoms. The van der Waals surface area contributed by atoms with Gasteiger partial charge in [0.05, 0.1) is 20.3 Å². The van der Waals surface area contributed by atoms with E-state index in [1.807, 2.05) is 4.90 Å². The molecule has 0 aliphatic carbocycles. The number of ether oxygens (including phenoxy) is 2. The van der Waals surface area contributed by atoms with E-state index in [4.69, 9.17) is 16.3 Å². The molecule has 0 aromatic carbocycles. The SMILES string of the molecule is COC(=O)[C@@H]1CN(c2cc(Cl)ncn2)CCO1. The van der Waals surface area contributed by atoms with Crippen LogP contribution in [0.4, 0.5) is 5.82 Å². The van der Waals surface area contributed by atoms with Gasteiger partial charge in [-0.1, -0.05) is 11.6 Å². The zero-order chi connectivity index (χ0) is 12.3. The van der Waals surface area contributed by atoms with Crippen LogP contribution < -0.4 is 4.90 Å². The summed E-state index contributed by atoms with van der Waals surface area (Å²) in [7, 11) is 1.34. The lowest BCUT2D eigenvalue weighted by Gasteiger charge is -2.32. The molecule has 7 heteroatoms. The van der Waals surface area contributed by atoms with Crippen molar-refractivity contribution in [3.05, 3.63) is 17.5 Å². The molecule has 1 fully saturated rings. The summed E-state index contributed by atoms with van der Waals surface area (Å²) in [6.07, 6.45) is 0.808. The number of rotatable bonds is 2. The van der Waals surface area contributed by atoms with E-state index in [0.29, 0.717) is 30.7 Å². The summed E-state index contributed by atoms with van der Waals surface area (Å²) in [5.41, 5.74) is 0. The molecular formula is C10H12ClN3O3. The van der Waals surface area contributed by atoms with Crippen LogP contribution >= 0.6 is 11.6 Å². The standard InChI is InChI=1S/C10H12ClN3O3/c1-16-10(15)7-5-14(2-3-17-7)9-4-8(11)12-6-13-9/h4,6-7H,2-3,5H2,1H3/t7-/m0/s1. The highest BCUT2D eigenvalue weighted by Gasteiger charge is 2.28. The molecule has 1 aliphatic heterocycles. The fourth-order valence-electron chi connectivity index (χ4n) is 1.63. The number of hydrogen-bond acceptors (Lipinski definition) is 6. The quantitative estimate of drug-likeness (QED) is 0.568. The number of halogens is 1. The Bertz CT molecular complexity index is 416. The highest BCUT2D eigenvalue weighted by molar-refractivity contribution is 6.29. The Kier molecular flexibility index (Phi) is 3.75. The maximum Gasteiger partial charge on any atom is 0.336 e. The van der Waals surface area contributed by atoms with E-state index in [0.717, 1.165) is 0 Å². The maximum absolute atomic E-state index is 11.4. The second-order valence-corrected chi connectivity index (χ2v) is 3.91. The molecule has 0 radical (unpaired) electrons. The van der Waals surface area contributed by atoms with Gasteiger partial charge in [0.25, 0.3) is 0 Å². The fraction of sp³-hybridized carbons (Fsp3) is 0.500. The monoisotopic (exact) mass is 257 g/mol. The number of morpholine rings is 1. The van der Waals surface area contributed by atoms with Gasteiger partial charge in [0.2, 0.25) is 0 Å². The molecule has 2 rings (SSSR count). The summed E-state index contributed by atoms with van der Waals surface area (Å²) in [5, 5.41) is 0.371. The number of esters is 1. The van der Waals surface area contributed by atoms with Crippen molar-refractivity contribution in [1.82, 2.24) is 9.97 Å². The summed E-state index contributed by atoms with van der Waals surface area (Å²) < 4.78 is 9.97. The van der Waals surface area contributed by atoms with Gasteiger partial charge in [-0.25, -0.2) is 14.8 Å². The summed E-state index contributed by atoms with van der Waals surface area (Å²) >= 11 is 5.79. The van der Waals surface area contributed by atoms with Crippen LogP contribution in [0.1, 0.15) is 0 Å². The van der Waals surface area contributed by atoms with Crippen LogP contribution in [0.25, 0.3) is 0 Å². The van der Waals surface area contributed by atoms with Crippen molar-refractivity contribution in [2.24, 2.45) is 0 Å². The molecule has 6 nitrogen and oxygen atoms in total. The van der Waals surface area contributed by atoms with Crippen LogP contribution in [0.2, 0.25) is 5.15 Å². The number of nitrogens with zero attached hydrogens (tertiary/aromatic N) is 3. The zero-order valence-corrected chi connectivity index (χ0v) is 10.1. The van der Waals surface area contributed by atoms with Crippen LogP contribution in [-0.4, -0.2) is 48.8 Å². The zero-order valence-electron chi connectivity index (χ0n) is 9.30. The predicted octanol–water partition coefficient (Wildman–Crippen LogP) is 0.508. The summed E-state index contributed by atoms with van der Waals surface area (Å²) in [5.74, 6) is 0.303. The third-order valence-electron chi connectivity index (χ3n) is 2.47. The minimum Gasteiger partial charge on any atom is -0.467 e. The molecule has 0 unspecified atom stereocenters. The van der Waals surface area contributed by atoms with Gasteiger partial charge in [-0.2, -0.15) is 0 Å². The number of methoxy groups -OCH3 is 1. The highest BCUT2D eigenvalue weighted by Crippen LogP contribution is 2.17. The lowest BCUT2D eigenvalue weighted by molar-refractivity contribution is -0.154. The van der Waals surface area contributed by atoms with E-state index in [1.54, 1.807) is 6.07 Å². The highest BCUT2D eigenvalue weighted by atomic mass is 35.5. The topological polar surface area (TPSA) is 64.5 Å². The molecule has 2 heterocycles. The van der Waals surface area contributed by atoms with Crippen molar-refractivity contribution in [1.29, 1.82) is 0 Å². The Morgan fingerprint density at radius 3 is 3.18 bits per heavy atom. The van der Waals surface area contributed by atoms with E-state index in [1.165, 1.54) is 13.4 Å². The molecule has 0 amide bonds. The van der Waals surface area contributed by atoms with Crippen molar-refractivity contribution in [2.75, 3.05) is 31.7 Å². The average molecular weight is 258 g/mol. The van der Waals surface area contributed by atoms with Crippen LogP contribution in [0, 0.1) is 0 Å². The van der Waals surface area contributed by atoms with E-state index in [2.05, 4.69) is 14.7 Å². The second-order valence-electron chi connectivity index (χ2n) is 3.53. The van der Waals surface area contributed by atoms with Gasteiger partial charge in [-0.15, -0.1) is 0 Å². The molecule has 1 saturated heterocycles. The van der Waals surface area contributed by atoms with Crippen molar-refractivity contribution in [2.45, 2.75) is 6.10 Å². The molecular weight excluding hydrogens is 246 g/mol. The smallest absolute Gasteiger partial charge is 0.336 e. The van der Waals surface area contributed by atoms with E-state index < -0.39 is 6.10 Å². The van der Waals surface area contributed by atoms with Gasteiger partial charge in [0.15, 0.2) is 6.10 Å². The van der Waals surface area contributed by atoms with Crippen LogP contribution in [0.5, 0.6) is 0 Å². The molecule has 1 aromatic rings. The molecule has 0 bridgehead atoms. The third kappa shape index (κ3) is 2.83. The average Bonchev–Trinajstić information content (AvgIpc) is 2.38. The summed E-state index contributed by atoms with van der Waals surface area (Å²) in [6, 6.07) is 1.65. The molecule has 0 N–H and O–H groups in total. The Labute approximate surface area is 104 Å². The van der Waals surface area contributed by atoms with Gasteiger partial charge in [-0.05, 0) is 0 Å². The van der Waals surface area contributed by atoms with Crippen LogP contribution in [0.3, 0.4) is 0 Å². The van der Waals surface area contributed by atoms with Gasteiger partial charge in [-0.3, -0.25) is 0 Å². The number of hydrogen-bond donors (Lipinski definition) is 0. The first-order chi connectivity index (χ1) is 8.20. The number of carbonyl (C=O) groups excluding carboxylic acids is 1. The summed E-state index contributed by atoms with van der Waals surface area (Å²) in [4.78, 5) is 21.2. The Morgan fingerprint density at radius 1 is 1.65 bits per heavy atom. The first-order valence-electron chi connectivity index (χ1n) is 5.12. The minimum absolute atomic E-state index is 0.371. The minimum atomic E-state index is -0.581. The van der Waals surface area contributed by atoms with E-state index >= 15 is 0 Å². The number of anilines is 1. The summed E-state index contributed by atoms with van der Waals surface area (Å²) in [6.45, 7) is 1.50. The molecule has 1 aliphatic rings.